The summed E-state index contributed by atoms with van der Waals surface area (Å²) in [6.07, 6.45) is 3.66. The van der Waals surface area contributed by atoms with Crippen LogP contribution in [0.5, 0.6) is 5.75 Å². The lowest BCUT2D eigenvalue weighted by Crippen LogP contribution is -2.41. The fourth-order valence-corrected chi connectivity index (χ4v) is 6.21. The van der Waals surface area contributed by atoms with E-state index in [1.165, 1.54) is 34.4 Å². The minimum Gasteiger partial charge on any atom is -0.491 e. The second-order valence-electron chi connectivity index (χ2n) is 8.14. The van der Waals surface area contributed by atoms with Gasteiger partial charge in [-0.2, -0.15) is 0 Å². The molecule has 0 fully saturated rings. The summed E-state index contributed by atoms with van der Waals surface area (Å²) < 4.78 is 62.4. The van der Waals surface area contributed by atoms with Crippen molar-refractivity contribution in [2.24, 2.45) is 5.92 Å². The molecule has 6 nitrogen and oxygen atoms in total. The van der Waals surface area contributed by atoms with Crippen molar-refractivity contribution < 1.29 is 21.9 Å². The normalized spacial score (nSPS) is 18.1. The number of anilines is 1. The predicted octanol–water partition coefficient (Wildman–Crippen LogP) is 6.38. The molecule has 1 aromatic heterocycles. The summed E-state index contributed by atoms with van der Waals surface area (Å²) in [6, 6.07) is 6.63. The number of hydrogen-bond donors (Lipinski definition) is 2. The summed E-state index contributed by atoms with van der Waals surface area (Å²) in [7, 11) is -4.24. The van der Waals surface area contributed by atoms with E-state index in [1.54, 1.807) is 6.07 Å². The summed E-state index contributed by atoms with van der Waals surface area (Å²) >= 11 is 13.4. The molecule has 0 radical (unpaired) electrons. The third-order valence-electron chi connectivity index (χ3n) is 5.81. The second-order valence-corrected chi connectivity index (χ2v) is 11.3. The zero-order chi connectivity index (χ0) is 25.9. The van der Waals surface area contributed by atoms with Gasteiger partial charge in [0.25, 0.3) is 10.0 Å². The van der Waals surface area contributed by atoms with Gasteiger partial charge in [-0.3, -0.25) is 4.72 Å². The number of ether oxygens (including phenoxy) is 1. The van der Waals surface area contributed by atoms with Crippen molar-refractivity contribution in [3.05, 3.63) is 74.5 Å². The molecule has 2 N–H and O–H groups in total. The summed E-state index contributed by atoms with van der Waals surface area (Å²) in [5.41, 5.74) is 3.01. The summed E-state index contributed by atoms with van der Waals surface area (Å²) in [5.74, 6) is -1.65. The molecule has 0 unspecified atom stereocenters. The Morgan fingerprint density at radius 1 is 1.17 bits per heavy atom. The van der Waals surface area contributed by atoms with Crippen molar-refractivity contribution >= 4 is 56.0 Å². The second kappa shape index (κ2) is 11.4. The van der Waals surface area contributed by atoms with Crippen LogP contribution in [0.4, 0.5) is 14.6 Å². The number of rotatable bonds is 9. The molecule has 0 amide bonds. The maximum absolute atomic E-state index is 14.9. The molecule has 1 aliphatic carbocycles. The topological polar surface area (TPSA) is 80.3 Å². The molecule has 2 atom stereocenters. The van der Waals surface area contributed by atoms with Crippen LogP contribution in [0.1, 0.15) is 25.3 Å². The third kappa shape index (κ3) is 6.00. The minimum atomic E-state index is -4.24. The largest absolute Gasteiger partial charge is 0.491 e. The third-order valence-corrected chi connectivity index (χ3v) is 8.37. The van der Waals surface area contributed by atoms with Gasteiger partial charge in [0, 0.05) is 23.4 Å². The highest BCUT2D eigenvalue weighted by molar-refractivity contribution is 7.92. The number of thiazole rings is 1. The Balaban J connectivity index is 1.58. The first-order chi connectivity index (χ1) is 17.2. The molecule has 0 saturated heterocycles. The first-order valence-electron chi connectivity index (χ1n) is 11.1. The molecule has 0 aliphatic heterocycles. The summed E-state index contributed by atoms with van der Waals surface area (Å²) in [6.45, 7) is 2.82. The van der Waals surface area contributed by atoms with Gasteiger partial charge in [-0.1, -0.05) is 42.3 Å². The van der Waals surface area contributed by atoms with Crippen molar-refractivity contribution in [1.82, 2.24) is 10.3 Å². The molecule has 3 aromatic rings. The molecule has 0 bridgehead atoms. The minimum absolute atomic E-state index is 0.00392. The van der Waals surface area contributed by atoms with Gasteiger partial charge in [0.2, 0.25) is 0 Å². The molecular formula is C24H23Cl2F2N3O3S2. The van der Waals surface area contributed by atoms with Gasteiger partial charge in [-0.15, -0.1) is 11.3 Å². The number of aromatic nitrogens is 1. The van der Waals surface area contributed by atoms with Gasteiger partial charge in [0.05, 0.1) is 22.2 Å². The molecule has 4 rings (SSSR count). The average molecular weight is 575 g/mol. The Hall–Kier alpha value is -2.24. The fourth-order valence-electron chi connectivity index (χ4n) is 4.17. The number of sulfonamides is 1. The molecule has 1 heterocycles. The SMILES string of the molecule is CCN[C@@H]1CCC=C(c2ccc(Cl)c(F)c2)[C@H]1COc1cc(F)c(S(=O)(=O)Nc2cscn2)cc1Cl. The van der Waals surface area contributed by atoms with Crippen LogP contribution in [-0.2, 0) is 10.0 Å². The van der Waals surface area contributed by atoms with E-state index in [-0.39, 0.29) is 40.2 Å². The zero-order valence-electron chi connectivity index (χ0n) is 19.1. The summed E-state index contributed by atoms with van der Waals surface area (Å²) in [5, 5.41) is 4.89. The first kappa shape index (κ1) is 26.8. The number of nitrogens with zero attached hydrogens (tertiary/aromatic N) is 1. The van der Waals surface area contributed by atoms with Gasteiger partial charge in [-0.05, 0) is 48.7 Å². The number of benzene rings is 2. The molecule has 0 spiro atoms. The zero-order valence-corrected chi connectivity index (χ0v) is 22.2. The van der Waals surface area contributed by atoms with Gasteiger partial charge in [-0.25, -0.2) is 22.2 Å². The van der Waals surface area contributed by atoms with E-state index in [0.29, 0.717) is 5.56 Å². The lowest BCUT2D eigenvalue weighted by molar-refractivity contribution is 0.236. The standard InChI is InChI=1S/C24H23Cl2F2N3O3S2/c1-2-29-21-5-3-4-15(14-6-7-17(25)19(27)8-14)16(21)11-34-22-10-20(28)23(9-18(22)26)36(32,33)31-24-12-35-13-30-24/h4,6-10,12-13,16,21,29,31H,2-3,5,11H2,1H3/t16-,21-/m1/s1. The fraction of sp³-hybridized carbons (Fsp3) is 0.292. The predicted molar refractivity (Wildman–Crippen MR) is 139 cm³/mol. The van der Waals surface area contributed by atoms with Crippen molar-refractivity contribution in [1.29, 1.82) is 0 Å². The number of halogens is 4. The highest BCUT2D eigenvalue weighted by Gasteiger charge is 2.30. The van der Waals surface area contributed by atoms with Crippen LogP contribution in [0.2, 0.25) is 10.0 Å². The van der Waals surface area contributed by atoms with Gasteiger partial charge in [0.1, 0.15) is 22.3 Å². The lowest BCUT2D eigenvalue weighted by atomic mass is 9.80. The Morgan fingerprint density at radius 3 is 2.67 bits per heavy atom. The van der Waals surface area contributed by atoms with E-state index >= 15 is 0 Å². The van der Waals surface area contributed by atoms with E-state index in [1.807, 2.05) is 13.0 Å². The number of hydrogen-bond acceptors (Lipinski definition) is 6. The van der Waals surface area contributed by atoms with Crippen LogP contribution in [-0.4, -0.2) is 32.6 Å². The van der Waals surface area contributed by atoms with Crippen LogP contribution in [0.25, 0.3) is 5.57 Å². The van der Waals surface area contributed by atoms with Crippen molar-refractivity contribution in [2.45, 2.75) is 30.7 Å². The smallest absolute Gasteiger partial charge is 0.266 e. The summed E-state index contributed by atoms with van der Waals surface area (Å²) in [4.78, 5) is 3.23. The molecule has 0 saturated carbocycles. The molecule has 12 heteroatoms. The molecule has 36 heavy (non-hydrogen) atoms. The first-order valence-corrected chi connectivity index (χ1v) is 14.3. The Morgan fingerprint density at radius 2 is 1.97 bits per heavy atom. The Kier molecular flexibility index (Phi) is 8.52. The molecule has 1 aliphatic rings. The number of nitrogens with one attached hydrogen (secondary N) is 2. The van der Waals surface area contributed by atoms with Crippen LogP contribution < -0.4 is 14.8 Å². The average Bonchev–Trinajstić information content (AvgIpc) is 3.34. The molecular weight excluding hydrogens is 551 g/mol. The van der Waals surface area contributed by atoms with E-state index in [0.717, 1.165) is 37.1 Å². The van der Waals surface area contributed by atoms with Gasteiger partial charge in [0.15, 0.2) is 5.82 Å². The Bertz CT molecular complexity index is 1370. The quantitative estimate of drug-likeness (QED) is 0.310. The van der Waals surface area contributed by atoms with E-state index in [9.17, 15) is 17.2 Å². The van der Waals surface area contributed by atoms with Crippen molar-refractivity contribution in [3.8, 4) is 5.75 Å². The molecule has 2 aromatic carbocycles. The van der Waals surface area contributed by atoms with E-state index in [2.05, 4.69) is 15.0 Å². The van der Waals surface area contributed by atoms with Gasteiger partial charge >= 0.3 is 0 Å². The van der Waals surface area contributed by atoms with E-state index in [4.69, 9.17) is 27.9 Å². The van der Waals surface area contributed by atoms with Crippen LogP contribution in [0, 0.1) is 17.6 Å². The van der Waals surface area contributed by atoms with Crippen molar-refractivity contribution in [3.63, 3.8) is 0 Å². The Labute approximate surface area is 222 Å². The van der Waals surface area contributed by atoms with Crippen LogP contribution in [0.3, 0.4) is 0 Å². The lowest BCUT2D eigenvalue weighted by Gasteiger charge is -2.33. The van der Waals surface area contributed by atoms with E-state index < -0.39 is 26.6 Å². The van der Waals surface area contributed by atoms with Crippen LogP contribution >= 0.6 is 34.5 Å². The number of allylic oxidation sites excluding steroid dienone is 1. The van der Waals surface area contributed by atoms with Crippen LogP contribution in [0.15, 0.2) is 52.2 Å². The molecule has 192 valence electrons. The highest BCUT2D eigenvalue weighted by atomic mass is 35.5. The van der Waals surface area contributed by atoms with Crippen molar-refractivity contribution in [2.75, 3.05) is 17.9 Å². The maximum Gasteiger partial charge on any atom is 0.266 e. The highest BCUT2D eigenvalue weighted by Crippen LogP contribution is 2.36. The monoisotopic (exact) mass is 573 g/mol. The maximum atomic E-state index is 14.9. The van der Waals surface area contributed by atoms with Gasteiger partial charge < -0.3 is 10.1 Å².